The second-order valence-electron chi connectivity index (χ2n) is 9.66. The van der Waals surface area contributed by atoms with Crippen molar-refractivity contribution < 1.29 is 28.2 Å². The third-order valence-corrected chi connectivity index (χ3v) is 9.41. The summed E-state index contributed by atoms with van der Waals surface area (Å²) in [5.41, 5.74) is 3.27. The van der Waals surface area contributed by atoms with E-state index in [4.69, 9.17) is 4.74 Å². The van der Waals surface area contributed by atoms with Crippen LogP contribution >= 0.6 is 0 Å². The normalized spacial score (nSPS) is 17.0. The summed E-state index contributed by atoms with van der Waals surface area (Å²) in [7, 11) is -3.87. The largest absolute Gasteiger partial charge is 0.494 e. The number of carbonyl (C=O) groups is 1. The predicted molar refractivity (Wildman–Crippen MR) is 142 cm³/mol. The van der Waals surface area contributed by atoms with Crippen LogP contribution in [0.2, 0.25) is 0 Å². The Morgan fingerprint density at radius 2 is 1.53 bits per heavy atom. The number of aryl methyl sites for hydroxylation is 1. The summed E-state index contributed by atoms with van der Waals surface area (Å²) in [5, 5.41) is 21.6. The molecule has 3 heterocycles. The molecule has 1 saturated heterocycles. The van der Waals surface area contributed by atoms with Gasteiger partial charge in [-0.15, -0.1) is 0 Å². The first-order chi connectivity index (χ1) is 18.3. The van der Waals surface area contributed by atoms with Crippen LogP contribution in [0.5, 0.6) is 11.8 Å². The van der Waals surface area contributed by atoms with E-state index in [1.165, 1.54) is 21.0 Å². The van der Waals surface area contributed by atoms with Gasteiger partial charge in [-0.2, -0.15) is 4.31 Å². The monoisotopic (exact) mass is 533 g/mol. The standard InChI is InChI=1S/C28H27N3O6S/c1-18-5-2-6-19-17-37-28(34)30(27(18)19)20-13-15-29(16-14-20)38(35,36)24-10-4-7-21-22(24)8-3-9-23(21)31-25(32)11-12-26(31)33/h2-12,20,32-33H,13-17H2,1H3. The lowest BCUT2D eigenvalue weighted by Crippen LogP contribution is -2.50. The molecule has 9 nitrogen and oxygen atoms in total. The number of cyclic esters (lactones) is 1. The van der Waals surface area contributed by atoms with Gasteiger partial charge in [0.1, 0.15) is 6.61 Å². The van der Waals surface area contributed by atoms with Crippen LogP contribution in [0, 0.1) is 6.92 Å². The molecule has 0 saturated carbocycles. The van der Waals surface area contributed by atoms with E-state index in [1.54, 1.807) is 41.3 Å². The number of ether oxygens (including phenoxy) is 1. The van der Waals surface area contributed by atoms with Gasteiger partial charge in [-0.3, -0.25) is 9.47 Å². The van der Waals surface area contributed by atoms with Gasteiger partial charge in [0.15, 0.2) is 11.8 Å². The number of carbonyl (C=O) groups excluding carboxylic acids is 1. The van der Waals surface area contributed by atoms with Gasteiger partial charge in [-0.05, 0) is 37.5 Å². The lowest BCUT2D eigenvalue weighted by molar-refractivity contribution is 0.135. The molecule has 196 valence electrons. The third-order valence-electron chi connectivity index (χ3n) is 7.46. The molecule has 0 atom stereocenters. The number of aromatic nitrogens is 1. The first kappa shape index (κ1) is 24.3. The molecule has 2 N–H and O–H groups in total. The van der Waals surface area contributed by atoms with E-state index in [1.807, 2.05) is 25.1 Å². The Morgan fingerprint density at radius 1 is 0.868 bits per heavy atom. The lowest BCUT2D eigenvalue weighted by Gasteiger charge is -2.40. The van der Waals surface area contributed by atoms with Crippen LogP contribution in [-0.4, -0.2) is 52.7 Å². The van der Waals surface area contributed by atoms with Gasteiger partial charge in [-0.25, -0.2) is 13.2 Å². The summed E-state index contributed by atoms with van der Waals surface area (Å²) >= 11 is 0. The van der Waals surface area contributed by atoms with Gasteiger partial charge >= 0.3 is 6.09 Å². The van der Waals surface area contributed by atoms with Crippen molar-refractivity contribution in [3.05, 3.63) is 77.9 Å². The minimum atomic E-state index is -3.87. The van der Waals surface area contributed by atoms with Crippen molar-refractivity contribution in [2.75, 3.05) is 18.0 Å². The quantitative estimate of drug-likeness (QED) is 0.395. The molecule has 2 aliphatic rings. The van der Waals surface area contributed by atoms with E-state index in [-0.39, 0.29) is 42.4 Å². The number of amides is 1. The van der Waals surface area contributed by atoms with Crippen LogP contribution in [0.1, 0.15) is 24.0 Å². The smallest absolute Gasteiger partial charge is 0.414 e. The fraction of sp³-hybridized carbons (Fsp3) is 0.250. The van der Waals surface area contributed by atoms with Crippen molar-refractivity contribution in [2.45, 2.75) is 37.3 Å². The average Bonchev–Trinajstić information content (AvgIpc) is 3.25. The third kappa shape index (κ3) is 3.79. The van der Waals surface area contributed by atoms with E-state index in [0.29, 0.717) is 29.3 Å². The molecule has 0 radical (unpaired) electrons. The second-order valence-corrected chi connectivity index (χ2v) is 11.6. The minimum Gasteiger partial charge on any atom is -0.494 e. The van der Waals surface area contributed by atoms with Crippen molar-refractivity contribution in [1.29, 1.82) is 0 Å². The number of benzene rings is 3. The number of anilines is 1. The van der Waals surface area contributed by atoms with Gasteiger partial charge in [-0.1, -0.05) is 42.5 Å². The second kappa shape index (κ2) is 9.07. The number of nitrogens with zero attached hydrogens (tertiary/aromatic N) is 3. The van der Waals surface area contributed by atoms with E-state index in [0.717, 1.165) is 16.8 Å². The highest BCUT2D eigenvalue weighted by Crippen LogP contribution is 2.37. The van der Waals surface area contributed by atoms with Crippen LogP contribution in [0.15, 0.2) is 71.6 Å². The Hall–Kier alpha value is -4.02. The molecule has 2 aliphatic heterocycles. The van der Waals surface area contributed by atoms with Crippen LogP contribution in [0.3, 0.4) is 0 Å². The summed E-state index contributed by atoms with van der Waals surface area (Å²) in [6.45, 7) is 2.72. The Bertz CT molecular complexity index is 1650. The number of para-hydroxylation sites is 1. The van der Waals surface area contributed by atoms with Gasteiger partial charge in [0.2, 0.25) is 10.0 Å². The SMILES string of the molecule is Cc1cccc2c1N(C1CCN(S(=O)(=O)c3cccc4c(-n5c(O)ccc5O)cccc34)CC1)C(=O)OC2. The number of piperidine rings is 1. The minimum absolute atomic E-state index is 0.153. The maximum Gasteiger partial charge on any atom is 0.414 e. The maximum absolute atomic E-state index is 13.8. The number of hydrogen-bond donors (Lipinski definition) is 2. The Kier molecular flexibility index (Phi) is 5.81. The molecule has 10 heteroatoms. The van der Waals surface area contributed by atoms with E-state index in [2.05, 4.69) is 0 Å². The molecular formula is C28H27N3O6S. The Labute approximate surface area is 220 Å². The predicted octanol–water partition coefficient (Wildman–Crippen LogP) is 4.66. The van der Waals surface area contributed by atoms with Crippen molar-refractivity contribution >= 4 is 32.6 Å². The first-order valence-electron chi connectivity index (χ1n) is 12.4. The Morgan fingerprint density at radius 3 is 2.26 bits per heavy atom. The van der Waals surface area contributed by atoms with Crippen LogP contribution in [0.4, 0.5) is 10.5 Å². The number of fused-ring (bicyclic) bond motifs is 2. The molecule has 1 amide bonds. The maximum atomic E-state index is 13.8. The molecule has 6 rings (SSSR count). The zero-order valence-corrected chi connectivity index (χ0v) is 21.6. The van der Waals surface area contributed by atoms with E-state index in [9.17, 15) is 23.4 Å². The number of aromatic hydroxyl groups is 2. The molecule has 1 aromatic heterocycles. The van der Waals surface area contributed by atoms with E-state index < -0.39 is 16.1 Å². The highest BCUT2D eigenvalue weighted by molar-refractivity contribution is 7.89. The highest BCUT2D eigenvalue weighted by atomic mass is 32.2. The van der Waals surface area contributed by atoms with Crippen molar-refractivity contribution in [1.82, 2.24) is 8.87 Å². The van der Waals surface area contributed by atoms with Gasteiger partial charge in [0.05, 0.1) is 16.3 Å². The molecule has 0 aliphatic carbocycles. The van der Waals surface area contributed by atoms with Gasteiger partial charge in [0, 0.05) is 47.6 Å². The molecule has 0 spiro atoms. The zero-order chi connectivity index (χ0) is 26.6. The summed E-state index contributed by atoms with van der Waals surface area (Å²) < 4.78 is 35.8. The summed E-state index contributed by atoms with van der Waals surface area (Å²) in [6.07, 6.45) is 0.554. The van der Waals surface area contributed by atoms with Gasteiger partial charge < -0.3 is 14.9 Å². The molecule has 38 heavy (non-hydrogen) atoms. The number of sulfonamides is 1. The number of rotatable bonds is 4. The van der Waals surface area contributed by atoms with Crippen molar-refractivity contribution in [3.8, 4) is 17.4 Å². The molecule has 1 fully saturated rings. The number of hydrogen-bond acceptors (Lipinski definition) is 6. The average molecular weight is 534 g/mol. The Balaban J connectivity index is 1.31. The van der Waals surface area contributed by atoms with Crippen LogP contribution < -0.4 is 4.90 Å². The lowest BCUT2D eigenvalue weighted by atomic mass is 10.00. The van der Waals surface area contributed by atoms with Crippen LogP contribution in [-0.2, 0) is 21.4 Å². The summed E-state index contributed by atoms with van der Waals surface area (Å²) in [4.78, 5) is 14.6. The summed E-state index contributed by atoms with van der Waals surface area (Å²) in [5.74, 6) is -0.309. The van der Waals surface area contributed by atoms with E-state index >= 15 is 0 Å². The van der Waals surface area contributed by atoms with Crippen molar-refractivity contribution in [2.24, 2.45) is 0 Å². The van der Waals surface area contributed by atoms with Gasteiger partial charge in [0.25, 0.3) is 0 Å². The molecular weight excluding hydrogens is 506 g/mol. The van der Waals surface area contributed by atoms with Crippen molar-refractivity contribution in [3.63, 3.8) is 0 Å². The first-order valence-corrected chi connectivity index (χ1v) is 13.9. The zero-order valence-electron chi connectivity index (χ0n) is 20.7. The molecule has 0 unspecified atom stereocenters. The molecule has 3 aromatic carbocycles. The fourth-order valence-corrected chi connectivity index (χ4v) is 7.32. The topological polar surface area (TPSA) is 112 Å². The summed E-state index contributed by atoms with van der Waals surface area (Å²) in [6, 6.07) is 18.5. The fourth-order valence-electron chi connectivity index (χ4n) is 5.64. The molecule has 4 aromatic rings. The van der Waals surface area contributed by atoms with Crippen LogP contribution in [0.25, 0.3) is 16.5 Å². The highest BCUT2D eigenvalue weighted by Gasteiger charge is 2.38. The molecule has 0 bridgehead atoms.